The van der Waals surface area contributed by atoms with E-state index in [-0.39, 0.29) is 5.84 Å². The Balaban J connectivity index is 2.02. The lowest BCUT2D eigenvalue weighted by Gasteiger charge is -2.05. The maximum atomic E-state index is 7.29. The molecular weight excluding hydrogens is 270 g/mol. The van der Waals surface area contributed by atoms with Gasteiger partial charge in [-0.2, -0.15) is 0 Å². The van der Waals surface area contributed by atoms with Gasteiger partial charge in [0.25, 0.3) is 0 Å². The van der Waals surface area contributed by atoms with Crippen LogP contribution in [0.3, 0.4) is 0 Å². The Morgan fingerprint density at radius 2 is 2.33 bits per heavy atom. The quantitative estimate of drug-likeness (QED) is 0.668. The number of aromatic nitrogens is 1. The Kier molecular flexibility index (Phi) is 3.84. The fourth-order valence-electron chi connectivity index (χ4n) is 1.35. The highest BCUT2D eigenvalue weighted by molar-refractivity contribution is 7.13. The van der Waals surface area contributed by atoms with Gasteiger partial charge in [-0.1, -0.05) is 11.6 Å². The first-order valence-electron chi connectivity index (χ1n) is 5.24. The van der Waals surface area contributed by atoms with E-state index >= 15 is 0 Å². The summed E-state index contributed by atoms with van der Waals surface area (Å²) in [6, 6.07) is 5.49. The van der Waals surface area contributed by atoms with Gasteiger partial charge in [-0.3, -0.25) is 5.41 Å². The number of nitrogens with two attached hydrogens (primary N) is 1. The predicted octanol–water partition coefficient (Wildman–Crippen LogP) is 2.97. The van der Waals surface area contributed by atoms with Crippen LogP contribution in [0.15, 0.2) is 24.4 Å². The fourth-order valence-corrected chi connectivity index (χ4v) is 2.16. The van der Waals surface area contributed by atoms with Crippen molar-refractivity contribution in [3.05, 3.63) is 44.9 Å². The summed E-state index contributed by atoms with van der Waals surface area (Å²) >= 11 is 7.29. The van der Waals surface area contributed by atoms with Crippen molar-refractivity contribution < 1.29 is 4.74 Å². The molecule has 1 aromatic carbocycles. The molecule has 0 fully saturated rings. The van der Waals surface area contributed by atoms with E-state index in [1.807, 2.05) is 19.1 Å². The molecule has 18 heavy (non-hydrogen) atoms. The largest absolute Gasteiger partial charge is 0.486 e. The van der Waals surface area contributed by atoms with Crippen molar-refractivity contribution in [1.82, 2.24) is 4.98 Å². The van der Waals surface area contributed by atoms with Gasteiger partial charge < -0.3 is 10.5 Å². The highest BCUT2D eigenvalue weighted by atomic mass is 35.5. The third kappa shape index (κ3) is 3.00. The lowest BCUT2D eigenvalue weighted by atomic mass is 10.2. The van der Waals surface area contributed by atoms with Crippen LogP contribution in [0.1, 0.15) is 15.4 Å². The number of amidine groups is 1. The molecule has 94 valence electrons. The number of aryl methyl sites for hydroxylation is 1. The zero-order valence-electron chi connectivity index (χ0n) is 9.74. The Hall–Kier alpha value is -1.59. The van der Waals surface area contributed by atoms with E-state index in [2.05, 4.69) is 4.98 Å². The van der Waals surface area contributed by atoms with Crippen LogP contribution in [0.2, 0.25) is 5.02 Å². The molecule has 6 heteroatoms. The average molecular weight is 282 g/mol. The molecule has 0 aliphatic rings. The van der Waals surface area contributed by atoms with E-state index < -0.39 is 0 Å². The molecule has 0 radical (unpaired) electrons. The number of hydrogen-bond donors (Lipinski definition) is 2. The molecule has 1 heterocycles. The van der Waals surface area contributed by atoms with Gasteiger partial charge in [-0.05, 0) is 30.7 Å². The first-order chi connectivity index (χ1) is 8.56. The summed E-state index contributed by atoms with van der Waals surface area (Å²) in [5, 5.41) is 8.79. The van der Waals surface area contributed by atoms with Crippen molar-refractivity contribution in [2.75, 3.05) is 0 Å². The summed E-state index contributed by atoms with van der Waals surface area (Å²) in [6.45, 7) is 2.28. The topological polar surface area (TPSA) is 72.0 Å². The molecule has 0 aliphatic carbocycles. The maximum absolute atomic E-state index is 7.29. The van der Waals surface area contributed by atoms with Crippen molar-refractivity contribution in [2.24, 2.45) is 5.73 Å². The Bertz CT molecular complexity index is 582. The van der Waals surface area contributed by atoms with E-state index in [4.69, 9.17) is 27.5 Å². The van der Waals surface area contributed by atoms with Crippen molar-refractivity contribution in [2.45, 2.75) is 13.5 Å². The van der Waals surface area contributed by atoms with Crippen LogP contribution in [0.5, 0.6) is 5.75 Å². The highest BCUT2D eigenvalue weighted by Gasteiger charge is 2.05. The summed E-state index contributed by atoms with van der Waals surface area (Å²) < 4.78 is 5.60. The van der Waals surface area contributed by atoms with Crippen LogP contribution in [-0.4, -0.2) is 10.8 Å². The van der Waals surface area contributed by atoms with Crippen LogP contribution in [-0.2, 0) is 6.61 Å². The maximum Gasteiger partial charge on any atom is 0.140 e. The van der Waals surface area contributed by atoms with Crippen molar-refractivity contribution in [1.29, 1.82) is 5.41 Å². The minimum Gasteiger partial charge on any atom is -0.486 e. The van der Waals surface area contributed by atoms with Crippen LogP contribution >= 0.6 is 22.9 Å². The third-order valence-corrected chi connectivity index (χ3v) is 3.74. The number of ether oxygens (including phenoxy) is 1. The highest BCUT2D eigenvalue weighted by Crippen LogP contribution is 2.22. The second-order valence-electron chi connectivity index (χ2n) is 3.73. The number of benzene rings is 1. The zero-order valence-corrected chi connectivity index (χ0v) is 11.3. The molecule has 0 bridgehead atoms. The van der Waals surface area contributed by atoms with Gasteiger partial charge in [-0.15, -0.1) is 11.3 Å². The molecule has 0 saturated carbocycles. The summed E-state index contributed by atoms with van der Waals surface area (Å²) in [4.78, 5) is 4.79. The van der Waals surface area contributed by atoms with E-state index in [0.717, 1.165) is 21.3 Å². The zero-order chi connectivity index (χ0) is 13.1. The number of nitrogens with zero attached hydrogens (tertiary/aromatic N) is 1. The average Bonchev–Trinajstić information content (AvgIpc) is 2.79. The molecule has 1 aromatic heterocycles. The van der Waals surface area contributed by atoms with Crippen molar-refractivity contribution in [3.63, 3.8) is 0 Å². The molecule has 2 rings (SSSR count). The molecule has 0 aliphatic heterocycles. The Labute approximate surface area is 114 Å². The normalized spacial score (nSPS) is 10.3. The second kappa shape index (κ2) is 5.37. The van der Waals surface area contributed by atoms with E-state index in [0.29, 0.717) is 11.5 Å². The van der Waals surface area contributed by atoms with Gasteiger partial charge in [0.1, 0.15) is 23.2 Å². The lowest BCUT2D eigenvalue weighted by Crippen LogP contribution is -2.08. The molecule has 4 nitrogen and oxygen atoms in total. The Morgan fingerprint density at radius 1 is 1.56 bits per heavy atom. The molecule has 0 unspecified atom stereocenters. The summed E-state index contributed by atoms with van der Waals surface area (Å²) in [5.74, 6) is 0.776. The number of halogens is 1. The Morgan fingerprint density at radius 3 is 2.94 bits per heavy atom. The number of hydrogen-bond acceptors (Lipinski definition) is 4. The first-order valence-corrected chi connectivity index (χ1v) is 6.44. The standard InChI is InChI=1S/C12H12ClN3OS/c1-7-4-8(2-3-9(7)13)17-6-11-16-5-10(18-11)12(14)15/h2-5H,6H2,1H3,(H3,14,15). The number of nitrogen functional groups attached to an aromatic ring is 1. The molecule has 2 aromatic rings. The molecule has 3 N–H and O–H groups in total. The third-order valence-electron chi connectivity index (χ3n) is 2.31. The van der Waals surface area contributed by atoms with Crippen LogP contribution in [0, 0.1) is 12.3 Å². The molecule has 0 saturated heterocycles. The fraction of sp³-hybridized carbons (Fsp3) is 0.167. The van der Waals surface area contributed by atoms with Crippen LogP contribution in [0.25, 0.3) is 0 Å². The monoisotopic (exact) mass is 281 g/mol. The minimum absolute atomic E-state index is 0.0288. The first kappa shape index (κ1) is 12.9. The number of thiazole rings is 1. The summed E-state index contributed by atoms with van der Waals surface area (Å²) in [7, 11) is 0. The molecule has 0 amide bonds. The van der Waals surface area contributed by atoms with Crippen molar-refractivity contribution in [3.8, 4) is 5.75 Å². The van der Waals surface area contributed by atoms with Gasteiger partial charge in [0.2, 0.25) is 0 Å². The smallest absolute Gasteiger partial charge is 0.140 e. The van der Waals surface area contributed by atoms with Crippen LogP contribution in [0.4, 0.5) is 0 Å². The summed E-state index contributed by atoms with van der Waals surface area (Å²) in [6.07, 6.45) is 1.58. The van der Waals surface area contributed by atoms with Gasteiger partial charge >= 0.3 is 0 Å². The number of rotatable bonds is 4. The van der Waals surface area contributed by atoms with Gasteiger partial charge in [-0.25, -0.2) is 4.98 Å². The van der Waals surface area contributed by atoms with Crippen molar-refractivity contribution >= 4 is 28.8 Å². The van der Waals surface area contributed by atoms with E-state index in [1.165, 1.54) is 11.3 Å². The van der Waals surface area contributed by atoms with E-state index in [9.17, 15) is 0 Å². The lowest BCUT2D eigenvalue weighted by molar-refractivity contribution is 0.305. The minimum atomic E-state index is 0.0288. The molecular formula is C12H12ClN3OS. The van der Waals surface area contributed by atoms with Crippen LogP contribution < -0.4 is 10.5 Å². The second-order valence-corrected chi connectivity index (χ2v) is 5.25. The van der Waals surface area contributed by atoms with Gasteiger partial charge in [0.15, 0.2) is 0 Å². The van der Waals surface area contributed by atoms with Gasteiger partial charge in [0, 0.05) is 11.2 Å². The van der Waals surface area contributed by atoms with Gasteiger partial charge in [0.05, 0.1) is 4.88 Å². The molecule has 0 atom stereocenters. The molecule has 0 spiro atoms. The summed E-state index contributed by atoms with van der Waals surface area (Å²) in [5.41, 5.74) is 6.34. The number of nitrogens with one attached hydrogen (secondary N) is 1. The van der Waals surface area contributed by atoms with E-state index in [1.54, 1.807) is 12.3 Å². The SMILES string of the molecule is Cc1cc(OCc2ncc(C(=N)N)s2)ccc1Cl. The predicted molar refractivity (Wildman–Crippen MR) is 73.7 cm³/mol.